The minimum absolute atomic E-state index is 0.0367. The molecule has 0 aliphatic carbocycles. The van der Waals surface area contributed by atoms with Gasteiger partial charge >= 0.3 is 0 Å². The summed E-state index contributed by atoms with van der Waals surface area (Å²) in [5.74, 6) is -0.638. The van der Waals surface area contributed by atoms with Crippen molar-refractivity contribution in [3.05, 3.63) is 0 Å². The second-order valence-corrected chi connectivity index (χ2v) is 5.68. The fourth-order valence-corrected chi connectivity index (χ4v) is 2.33. The van der Waals surface area contributed by atoms with Crippen molar-refractivity contribution < 1.29 is 13.6 Å². The van der Waals surface area contributed by atoms with Gasteiger partial charge in [-0.1, -0.05) is 20.8 Å². The average Bonchev–Trinajstić information content (AvgIpc) is 2.14. The molecule has 0 saturated carbocycles. The summed E-state index contributed by atoms with van der Waals surface area (Å²) in [6, 6.07) is 0. The van der Waals surface area contributed by atoms with Crippen LogP contribution in [-0.4, -0.2) is 36.2 Å². The van der Waals surface area contributed by atoms with Crippen molar-refractivity contribution in [1.29, 1.82) is 0 Å². The summed E-state index contributed by atoms with van der Waals surface area (Å²) < 4.78 is 26.7. The topological polar surface area (TPSA) is 20.3 Å². The van der Waals surface area contributed by atoms with Crippen LogP contribution in [0.2, 0.25) is 0 Å². The fraction of sp³-hybridized carbons (Fsp3) is 0.917. The molecule has 2 nitrogen and oxygen atoms in total. The van der Waals surface area contributed by atoms with Crippen molar-refractivity contribution >= 4 is 5.91 Å². The Morgan fingerprint density at radius 3 is 2.38 bits per heavy atom. The number of amides is 1. The minimum atomic E-state index is -1.53. The summed E-state index contributed by atoms with van der Waals surface area (Å²) >= 11 is 0. The smallest absolute Gasteiger partial charge is 0.256 e. The Morgan fingerprint density at radius 1 is 1.44 bits per heavy atom. The maximum absolute atomic E-state index is 13.9. The molecule has 0 N–H and O–H groups in total. The molecule has 0 bridgehead atoms. The molecule has 3 unspecified atom stereocenters. The molecule has 0 spiro atoms. The van der Waals surface area contributed by atoms with E-state index in [0.717, 1.165) is 0 Å². The maximum atomic E-state index is 13.9. The van der Waals surface area contributed by atoms with Gasteiger partial charge in [0.1, 0.15) is 6.17 Å². The monoisotopic (exact) mass is 233 g/mol. The number of piperidine rings is 1. The third-order valence-corrected chi connectivity index (χ3v) is 3.31. The zero-order valence-electron chi connectivity index (χ0n) is 10.5. The van der Waals surface area contributed by atoms with E-state index in [1.54, 1.807) is 0 Å². The average molecular weight is 233 g/mol. The predicted octanol–water partition coefficient (Wildman–Crippen LogP) is 2.58. The van der Waals surface area contributed by atoms with Gasteiger partial charge in [-0.3, -0.25) is 4.79 Å². The van der Waals surface area contributed by atoms with Gasteiger partial charge in [0.2, 0.25) is 0 Å². The molecule has 1 fully saturated rings. The van der Waals surface area contributed by atoms with Crippen LogP contribution in [0.3, 0.4) is 0 Å². The van der Waals surface area contributed by atoms with Gasteiger partial charge in [0, 0.05) is 6.54 Å². The van der Waals surface area contributed by atoms with Crippen molar-refractivity contribution in [2.45, 2.75) is 46.5 Å². The van der Waals surface area contributed by atoms with Gasteiger partial charge < -0.3 is 4.90 Å². The highest BCUT2D eigenvalue weighted by Gasteiger charge is 2.38. The van der Waals surface area contributed by atoms with Crippen LogP contribution < -0.4 is 0 Å². The zero-order chi connectivity index (χ0) is 12.5. The van der Waals surface area contributed by atoms with Crippen molar-refractivity contribution in [2.75, 3.05) is 13.1 Å². The van der Waals surface area contributed by atoms with Crippen molar-refractivity contribution in [1.82, 2.24) is 4.90 Å². The molecule has 94 valence electrons. The van der Waals surface area contributed by atoms with E-state index in [4.69, 9.17) is 0 Å². The van der Waals surface area contributed by atoms with Crippen LogP contribution in [0.5, 0.6) is 0 Å². The summed E-state index contributed by atoms with van der Waals surface area (Å²) in [6.45, 7) is 7.70. The van der Waals surface area contributed by atoms with Gasteiger partial charge in [0.15, 0.2) is 6.17 Å². The Morgan fingerprint density at radius 2 is 2.00 bits per heavy atom. The summed E-state index contributed by atoms with van der Waals surface area (Å²) in [4.78, 5) is 12.7. The molecule has 0 radical (unpaired) electrons. The van der Waals surface area contributed by atoms with Crippen molar-refractivity contribution in [2.24, 2.45) is 11.3 Å². The number of carbonyl (C=O) groups excluding carboxylic acids is 1. The molecular formula is C12H21F2NO. The van der Waals surface area contributed by atoms with E-state index in [9.17, 15) is 13.6 Å². The predicted molar refractivity (Wildman–Crippen MR) is 59.6 cm³/mol. The van der Waals surface area contributed by atoms with E-state index in [0.29, 0.717) is 13.0 Å². The van der Waals surface area contributed by atoms with E-state index in [1.165, 1.54) is 11.8 Å². The molecule has 1 heterocycles. The highest BCUT2D eigenvalue weighted by Crippen LogP contribution is 2.36. The molecule has 0 aromatic carbocycles. The Balaban J connectivity index is 2.62. The highest BCUT2D eigenvalue weighted by molar-refractivity contribution is 5.80. The van der Waals surface area contributed by atoms with Crippen LogP contribution in [0.4, 0.5) is 8.78 Å². The normalized spacial score (nSPS) is 29.0. The molecule has 0 aromatic heterocycles. The Bertz CT molecular complexity index is 260. The van der Waals surface area contributed by atoms with E-state index >= 15 is 0 Å². The molecular weight excluding hydrogens is 212 g/mol. The van der Waals surface area contributed by atoms with Crippen LogP contribution in [0.1, 0.15) is 34.1 Å². The number of likely N-dealkylation sites (tertiary alicyclic amines) is 1. The maximum Gasteiger partial charge on any atom is 0.256 e. The number of alkyl halides is 2. The van der Waals surface area contributed by atoms with Gasteiger partial charge in [-0.05, 0) is 24.7 Å². The Hall–Kier alpha value is -0.670. The number of carbonyl (C=O) groups is 1. The molecule has 1 rings (SSSR count). The SMILES string of the molecule is CC(F)C(=O)N1CCC(C(C)(C)C)C(F)C1. The first kappa shape index (κ1) is 13.4. The highest BCUT2D eigenvalue weighted by atomic mass is 19.1. The van der Waals surface area contributed by atoms with Gasteiger partial charge in [-0.2, -0.15) is 0 Å². The van der Waals surface area contributed by atoms with Gasteiger partial charge in [0.25, 0.3) is 5.91 Å². The third-order valence-electron chi connectivity index (χ3n) is 3.31. The second-order valence-electron chi connectivity index (χ2n) is 5.68. The van der Waals surface area contributed by atoms with E-state index in [1.807, 2.05) is 20.8 Å². The van der Waals surface area contributed by atoms with Gasteiger partial charge in [0.05, 0.1) is 6.54 Å². The number of halogens is 2. The summed E-state index contributed by atoms with van der Waals surface area (Å²) in [6.07, 6.45) is -1.96. The first-order valence-corrected chi connectivity index (χ1v) is 5.80. The standard InChI is InChI=1S/C12H21F2NO/c1-8(13)11(16)15-6-5-9(10(14)7-15)12(2,3)4/h8-10H,5-7H2,1-4H3. The first-order valence-electron chi connectivity index (χ1n) is 5.80. The van der Waals surface area contributed by atoms with Crippen molar-refractivity contribution in [3.8, 4) is 0 Å². The number of hydrogen-bond donors (Lipinski definition) is 0. The van der Waals surface area contributed by atoms with Crippen LogP contribution in [0.15, 0.2) is 0 Å². The molecule has 0 aromatic rings. The molecule has 1 aliphatic heterocycles. The minimum Gasteiger partial charge on any atom is -0.337 e. The van der Waals surface area contributed by atoms with Crippen molar-refractivity contribution in [3.63, 3.8) is 0 Å². The molecule has 1 saturated heterocycles. The molecule has 3 atom stereocenters. The molecule has 4 heteroatoms. The fourth-order valence-electron chi connectivity index (χ4n) is 2.33. The zero-order valence-corrected chi connectivity index (χ0v) is 10.5. The van der Waals surface area contributed by atoms with Crippen LogP contribution in [0.25, 0.3) is 0 Å². The summed E-state index contributed by atoms with van der Waals surface area (Å²) in [7, 11) is 0. The summed E-state index contributed by atoms with van der Waals surface area (Å²) in [5.41, 5.74) is -0.101. The largest absolute Gasteiger partial charge is 0.337 e. The lowest BCUT2D eigenvalue weighted by Gasteiger charge is -2.41. The molecule has 1 aliphatic rings. The number of nitrogens with zero attached hydrogens (tertiary/aromatic N) is 1. The quantitative estimate of drug-likeness (QED) is 0.681. The van der Waals surface area contributed by atoms with Gasteiger partial charge in [-0.15, -0.1) is 0 Å². The third kappa shape index (κ3) is 2.92. The van der Waals surface area contributed by atoms with E-state index < -0.39 is 18.3 Å². The second kappa shape index (κ2) is 4.68. The lowest BCUT2D eigenvalue weighted by molar-refractivity contribution is -0.140. The van der Waals surface area contributed by atoms with E-state index in [-0.39, 0.29) is 17.9 Å². The lowest BCUT2D eigenvalue weighted by atomic mass is 9.74. The van der Waals surface area contributed by atoms with E-state index in [2.05, 4.69) is 0 Å². The number of hydrogen-bond acceptors (Lipinski definition) is 1. The molecule has 1 amide bonds. The Labute approximate surface area is 96.0 Å². The number of rotatable bonds is 1. The first-order chi connectivity index (χ1) is 7.23. The van der Waals surface area contributed by atoms with Crippen LogP contribution in [0, 0.1) is 11.3 Å². The van der Waals surface area contributed by atoms with Crippen LogP contribution >= 0.6 is 0 Å². The lowest BCUT2D eigenvalue weighted by Crippen LogP contribution is -2.50. The Kier molecular flexibility index (Phi) is 3.92. The molecule has 16 heavy (non-hydrogen) atoms. The van der Waals surface area contributed by atoms with Crippen LogP contribution in [-0.2, 0) is 4.79 Å². The summed E-state index contributed by atoms with van der Waals surface area (Å²) in [5, 5.41) is 0. The van der Waals surface area contributed by atoms with Gasteiger partial charge in [-0.25, -0.2) is 8.78 Å².